The van der Waals surface area contributed by atoms with Gasteiger partial charge >= 0.3 is 5.97 Å². The van der Waals surface area contributed by atoms with Gasteiger partial charge < -0.3 is 24.1 Å². The highest BCUT2D eigenvalue weighted by molar-refractivity contribution is 7.15. The number of carbonyl (C=O) groups is 3. The molecule has 1 aromatic carbocycles. The van der Waals surface area contributed by atoms with Crippen LogP contribution in [0.4, 0.5) is 5.00 Å². The summed E-state index contributed by atoms with van der Waals surface area (Å²) in [6.45, 7) is 2.55. The quantitative estimate of drug-likeness (QED) is 0.498. The zero-order valence-electron chi connectivity index (χ0n) is 18.3. The van der Waals surface area contributed by atoms with Gasteiger partial charge in [-0.2, -0.15) is 0 Å². The third-order valence-corrected chi connectivity index (χ3v) is 6.32. The maximum absolute atomic E-state index is 13.0. The van der Waals surface area contributed by atoms with Crippen LogP contribution in [0.15, 0.2) is 52.5 Å². The predicted octanol–water partition coefficient (Wildman–Crippen LogP) is 4.18. The Labute approximate surface area is 195 Å². The lowest BCUT2D eigenvalue weighted by molar-refractivity contribution is -0.128. The van der Waals surface area contributed by atoms with Crippen LogP contribution in [0.5, 0.6) is 5.75 Å². The highest BCUT2D eigenvalue weighted by Gasteiger charge is 2.35. The summed E-state index contributed by atoms with van der Waals surface area (Å²) in [7, 11) is 1.58. The van der Waals surface area contributed by atoms with Gasteiger partial charge in [-0.15, -0.1) is 11.3 Å². The number of hydrogen-bond acceptors (Lipinski definition) is 7. The van der Waals surface area contributed by atoms with Gasteiger partial charge in [-0.1, -0.05) is 12.1 Å². The second-order valence-corrected chi connectivity index (χ2v) is 8.43. The van der Waals surface area contributed by atoms with E-state index in [1.165, 1.54) is 11.3 Å². The summed E-state index contributed by atoms with van der Waals surface area (Å²) in [4.78, 5) is 39.8. The lowest BCUT2D eigenvalue weighted by Gasteiger charge is -2.15. The fourth-order valence-electron chi connectivity index (χ4n) is 3.74. The minimum absolute atomic E-state index is 0.109. The zero-order chi connectivity index (χ0) is 23.4. The fourth-order valence-corrected chi connectivity index (χ4v) is 4.70. The molecule has 172 valence electrons. The van der Waals surface area contributed by atoms with Gasteiger partial charge in [0.2, 0.25) is 11.8 Å². The lowest BCUT2D eigenvalue weighted by atomic mass is 10.0. The molecule has 0 spiro atoms. The van der Waals surface area contributed by atoms with Crippen LogP contribution < -0.4 is 10.1 Å². The molecule has 1 atom stereocenters. The molecule has 1 N–H and O–H groups in total. The summed E-state index contributed by atoms with van der Waals surface area (Å²) in [5, 5.41) is 5.07. The number of benzene rings is 1. The molecule has 3 aromatic rings. The van der Waals surface area contributed by atoms with Crippen LogP contribution in [0.2, 0.25) is 0 Å². The predicted molar refractivity (Wildman–Crippen MR) is 123 cm³/mol. The molecule has 0 saturated carbocycles. The zero-order valence-corrected chi connectivity index (χ0v) is 19.1. The Kier molecular flexibility index (Phi) is 6.79. The highest BCUT2D eigenvalue weighted by atomic mass is 32.1. The van der Waals surface area contributed by atoms with Crippen LogP contribution in [0.25, 0.3) is 11.1 Å². The summed E-state index contributed by atoms with van der Waals surface area (Å²) >= 11 is 1.25. The highest BCUT2D eigenvalue weighted by Crippen LogP contribution is 2.37. The SMILES string of the molecule is CCOC(=O)c1c(-c2ccc(OC)cc2)csc1NC(=O)C1CC(=O)N(Cc2ccco2)C1. The van der Waals surface area contributed by atoms with E-state index in [-0.39, 0.29) is 31.4 Å². The summed E-state index contributed by atoms with van der Waals surface area (Å²) in [6.07, 6.45) is 1.66. The van der Waals surface area contributed by atoms with Crippen molar-refractivity contribution in [2.24, 2.45) is 5.92 Å². The molecule has 1 aliphatic heterocycles. The van der Waals surface area contributed by atoms with Gasteiger partial charge in [0.15, 0.2) is 0 Å². The molecule has 4 rings (SSSR count). The molecule has 2 aromatic heterocycles. The minimum atomic E-state index is -0.519. The first-order valence-corrected chi connectivity index (χ1v) is 11.4. The Morgan fingerprint density at radius 3 is 2.70 bits per heavy atom. The molecule has 9 heteroatoms. The third kappa shape index (κ3) is 4.93. The molecule has 33 heavy (non-hydrogen) atoms. The largest absolute Gasteiger partial charge is 0.497 e. The Morgan fingerprint density at radius 2 is 2.03 bits per heavy atom. The van der Waals surface area contributed by atoms with Crippen molar-refractivity contribution in [3.8, 4) is 16.9 Å². The molecule has 0 aliphatic carbocycles. The number of nitrogens with one attached hydrogen (secondary N) is 1. The van der Waals surface area contributed by atoms with Gasteiger partial charge in [0.1, 0.15) is 22.1 Å². The average Bonchev–Trinajstić information content (AvgIpc) is 3.55. The molecule has 1 aliphatic rings. The van der Waals surface area contributed by atoms with Crippen molar-refractivity contribution in [1.29, 1.82) is 0 Å². The van der Waals surface area contributed by atoms with E-state index in [0.29, 0.717) is 34.2 Å². The summed E-state index contributed by atoms with van der Waals surface area (Å²) in [5.74, 6) is -0.0845. The smallest absolute Gasteiger partial charge is 0.341 e. The van der Waals surface area contributed by atoms with E-state index in [1.807, 2.05) is 17.5 Å². The van der Waals surface area contributed by atoms with Crippen LogP contribution >= 0.6 is 11.3 Å². The standard InChI is InChI=1S/C24H24N2O6S/c1-3-31-24(29)21-19(15-6-8-17(30-2)9-7-15)14-33-23(21)25-22(28)16-11-20(27)26(12-16)13-18-5-4-10-32-18/h4-10,14,16H,3,11-13H2,1-2H3,(H,25,28). The second-order valence-electron chi connectivity index (χ2n) is 7.55. The number of esters is 1. The topological polar surface area (TPSA) is 98.1 Å². The third-order valence-electron chi connectivity index (χ3n) is 5.42. The molecular weight excluding hydrogens is 444 g/mol. The Balaban J connectivity index is 1.53. The molecule has 8 nitrogen and oxygen atoms in total. The molecule has 2 amide bonds. The minimum Gasteiger partial charge on any atom is -0.497 e. The van der Waals surface area contributed by atoms with E-state index >= 15 is 0 Å². The van der Waals surface area contributed by atoms with E-state index in [2.05, 4.69) is 5.32 Å². The number of anilines is 1. The molecule has 0 bridgehead atoms. The molecule has 1 fully saturated rings. The number of furan rings is 1. The monoisotopic (exact) mass is 468 g/mol. The van der Waals surface area contributed by atoms with Crippen LogP contribution in [0, 0.1) is 5.92 Å². The number of hydrogen-bond donors (Lipinski definition) is 1. The van der Waals surface area contributed by atoms with Crippen LogP contribution in [-0.4, -0.2) is 42.9 Å². The Morgan fingerprint density at radius 1 is 1.24 bits per heavy atom. The molecule has 1 unspecified atom stereocenters. The number of rotatable bonds is 8. The van der Waals surface area contributed by atoms with Gasteiger partial charge in [-0.3, -0.25) is 9.59 Å². The van der Waals surface area contributed by atoms with Gasteiger partial charge in [0.25, 0.3) is 0 Å². The van der Waals surface area contributed by atoms with E-state index in [4.69, 9.17) is 13.9 Å². The summed E-state index contributed by atoms with van der Waals surface area (Å²) < 4.78 is 15.8. The second kappa shape index (κ2) is 9.91. The first-order valence-electron chi connectivity index (χ1n) is 10.5. The molecule has 3 heterocycles. The van der Waals surface area contributed by atoms with Crippen molar-refractivity contribution in [2.45, 2.75) is 19.9 Å². The first kappa shape index (κ1) is 22.6. The maximum Gasteiger partial charge on any atom is 0.341 e. The van der Waals surface area contributed by atoms with Crippen molar-refractivity contribution < 1.29 is 28.3 Å². The van der Waals surface area contributed by atoms with E-state index in [0.717, 1.165) is 5.56 Å². The van der Waals surface area contributed by atoms with Crippen molar-refractivity contribution in [2.75, 3.05) is 25.6 Å². The van der Waals surface area contributed by atoms with Crippen molar-refractivity contribution in [3.63, 3.8) is 0 Å². The first-order chi connectivity index (χ1) is 16.0. The lowest BCUT2D eigenvalue weighted by Crippen LogP contribution is -2.28. The fraction of sp³-hybridized carbons (Fsp3) is 0.292. The summed E-state index contributed by atoms with van der Waals surface area (Å²) in [5.41, 5.74) is 1.77. The number of carbonyl (C=O) groups excluding carboxylic acids is 3. The number of ether oxygens (including phenoxy) is 2. The molecule has 0 radical (unpaired) electrons. The van der Waals surface area contributed by atoms with Crippen molar-refractivity contribution in [3.05, 3.63) is 59.4 Å². The number of nitrogens with zero attached hydrogens (tertiary/aromatic N) is 1. The van der Waals surface area contributed by atoms with Crippen molar-refractivity contribution >= 4 is 34.1 Å². The van der Waals surface area contributed by atoms with Crippen LogP contribution in [0.1, 0.15) is 29.5 Å². The number of methoxy groups -OCH3 is 1. The molecular formula is C24H24N2O6S. The summed E-state index contributed by atoms with van der Waals surface area (Å²) in [6, 6.07) is 10.8. The average molecular weight is 469 g/mol. The Bertz CT molecular complexity index is 1140. The van der Waals surface area contributed by atoms with Gasteiger partial charge in [-0.05, 0) is 36.8 Å². The molecule has 1 saturated heterocycles. The van der Waals surface area contributed by atoms with Gasteiger partial charge in [0, 0.05) is 23.9 Å². The number of likely N-dealkylation sites (tertiary alicyclic amines) is 1. The normalized spacial score (nSPS) is 15.5. The van der Waals surface area contributed by atoms with Gasteiger partial charge in [-0.25, -0.2) is 4.79 Å². The maximum atomic E-state index is 13.0. The van der Waals surface area contributed by atoms with E-state index in [1.54, 1.807) is 49.5 Å². The van der Waals surface area contributed by atoms with Crippen molar-refractivity contribution in [1.82, 2.24) is 4.90 Å². The van der Waals surface area contributed by atoms with Crippen LogP contribution in [-0.2, 0) is 20.9 Å². The Hall–Kier alpha value is -3.59. The van der Waals surface area contributed by atoms with E-state index in [9.17, 15) is 14.4 Å². The number of amides is 2. The van der Waals surface area contributed by atoms with E-state index < -0.39 is 11.9 Å². The van der Waals surface area contributed by atoms with Gasteiger partial charge in [0.05, 0.1) is 32.4 Å². The number of thiophene rings is 1. The van der Waals surface area contributed by atoms with Crippen LogP contribution in [0.3, 0.4) is 0 Å².